The van der Waals surface area contributed by atoms with Gasteiger partial charge in [-0.05, 0) is 31.5 Å². The van der Waals surface area contributed by atoms with Crippen LogP contribution in [0.1, 0.15) is 31.4 Å². The molecule has 0 radical (unpaired) electrons. The van der Waals surface area contributed by atoms with Gasteiger partial charge in [-0.3, -0.25) is 14.5 Å². The number of carboxylic acid groups (broad SMARTS) is 1. The summed E-state index contributed by atoms with van der Waals surface area (Å²) in [6.07, 6.45) is 4.59. The van der Waals surface area contributed by atoms with Crippen molar-refractivity contribution in [2.45, 2.75) is 38.3 Å². The number of likely N-dealkylation sites (N-methyl/N-ethyl adjacent to an activating group) is 1. The van der Waals surface area contributed by atoms with E-state index < -0.39 is 5.97 Å². The predicted octanol–water partition coefficient (Wildman–Crippen LogP) is 1.57. The fourth-order valence-corrected chi connectivity index (χ4v) is 2.72. The topological polar surface area (TPSA) is 74.0 Å². The Hall–Kier alpha value is -1.82. The van der Waals surface area contributed by atoms with Crippen LogP contribution in [0.15, 0.2) is 22.8 Å². The maximum Gasteiger partial charge on any atom is 0.304 e. The van der Waals surface area contributed by atoms with Crippen LogP contribution in [0.5, 0.6) is 0 Å². The van der Waals surface area contributed by atoms with Gasteiger partial charge in [0.25, 0.3) is 0 Å². The monoisotopic (exact) mass is 294 g/mol. The SMILES string of the molecule is CN(Cc1ccco1)C(=O)CN1CCCCC1CC(=O)O. The molecule has 6 heteroatoms. The average molecular weight is 294 g/mol. The summed E-state index contributed by atoms with van der Waals surface area (Å²) >= 11 is 0. The second-order valence-corrected chi connectivity index (χ2v) is 5.55. The van der Waals surface area contributed by atoms with Crippen molar-refractivity contribution < 1.29 is 19.1 Å². The number of carboxylic acids is 1. The van der Waals surface area contributed by atoms with Gasteiger partial charge in [-0.1, -0.05) is 6.42 Å². The Balaban J connectivity index is 1.88. The molecule has 6 nitrogen and oxygen atoms in total. The molecule has 21 heavy (non-hydrogen) atoms. The van der Waals surface area contributed by atoms with Crippen molar-refractivity contribution in [2.24, 2.45) is 0 Å². The maximum atomic E-state index is 12.3. The van der Waals surface area contributed by atoms with Gasteiger partial charge in [0.15, 0.2) is 0 Å². The van der Waals surface area contributed by atoms with Crippen molar-refractivity contribution in [1.29, 1.82) is 0 Å². The van der Waals surface area contributed by atoms with Crippen LogP contribution in [0.4, 0.5) is 0 Å². The van der Waals surface area contributed by atoms with Crippen molar-refractivity contribution in [3.8, 4) is 0 Å². The number of likely N-dealkylation sites (tertiary alicyclic amines) is 1. The van der Waals surface area contributed by atoms with E-state index in [4.69, 9.17) is 9.52 Å². The summed E-state index contributed by atoms with van der Waals surface area (Å²) in [6, 6.07) is 3.59. The van der Waals surface area contributed by atoms with Gasteiger partial charge in [0, 0.05) is 13.1 Å². The van der Waals surface area contributed by atoms with Gasteiger partial charge < -0.3 is 14.4 Å². The molecule has 2 heterocycles. The molecule has 0 bridgehead atoms. The number of hydrogen-bond donors (Lipinski definition) is 1. The quantitative estimate of drug-likeness (QED) is 0.862. The minimum atomic E-state index is -0.803. The Morgan fingerprint density at radius 3 is 2.95 bits per heavy atom. The van der Waals surface area contributed by atoms with Gasteiger partial charge >= 0.3 is 5.97 Å². The number of amides is 1. The predicted molar refractivity (Wildman–Crippen MR) is 76.6 cm³/mol. The molecule has 1 aromatic heterocycles. The molecule has 0 aliphatic carbocycles. The highest BCUT2D eigenvalue weighted by molar-refractivity contribution is 5.78. The Bertz CT molecular complexity index is 472. The fraction of sp³-hybridized carbons (Fsp3) is 0.600. The number of rotatable bonds is 6. The lowest BCUT2D eigenvalue weighted by Gasteiger charge is -2.35. The zero-order valence-electron chi connectivity index (χ0n) is 12.3. The third-order valence-electron chi connectivity index (χ3n) is 3.90. The van der Waals surface area contributed by atoms with Gasteiger partial charge in [0.05, 0.1) is 25.8 Å². The van der Waals surface area contributed by atoms with E-state index in [2.05, 4.69) is 0 Å². The van der Waals surface area contributed by atoms with Crippen LogP contribution in [0.3, 0.4) is 0 Å². The maximum absolute atomic E-state index is 12.3. The first-order chi connectivity index (χ1) is 10.1. The average Bonchev–Trinajstić information content (AvgIpc) is 2.93. The second-order valence-electron chi connectivity index (χ2n) is 5.55. The summed E-state index contributed by atoms with van der Waals surface area (Å²) in [6.45, 7) is 1.50. The van der Waals surface area contributed by atoms with E-state index in [0.29, 0.717) is 6.54 Å². The molecule has 1 aliphatic rings. The normalized spacial score (nSPS) is 19.4. The van der Waals surface area contributed by atoms with Gasteiger partial charge in [0.2, 0.25) is 5.91 Å². The molecule has 1 N–H and O–H groups in total. The second kappa shape index (κ2) is 7.26. The smallest absolute Gasteiger partial charge is 0.304 e. The fourth-order valence-electron chi connectivity index (χ4n) is 2.72. The van der Waals surface area contributed by atoms with Crippen LogP contribution < -0.4 is 0 Å². The van der Waals surface area contributed by atoms with Gasteiger partial charge in [-0.25, -0.2) is 0 Å². The third-order valence-corrected chi connectivity index (χ3v) is 3.90. The van der Waals surface area contributed by atoms with Gasteiger partial charge in [-0.2, -0.15) is 0 Å². The van der Waals surface area contributed by atoms with Crippen LogP contribution in [-0.2, 0) is 16.1 Å². The number of carbonyl (C=O) groups excluding carboxylic acids is 1. The first kappa shape index (κ1) is 15.6. The highest BCUT2D eigenvalue weighted by Crippen LogP contribution is 2.19. The Labute approximate surface area is 124 Å². The molecule has 0 saturated carbocycles. The molecule has 1 aliphatic heterocycles. The van der Waals surface area contributed by atoms with E-state index in [-0.39, 0.29) is 24.9 Å². The van der Waals surface area contributed by atoms with E-state index in [1.54, 1.807) is 24.3 Å². The van der Waals surface area contributed by atoms with Crippen LogP contribution in [0, 0.1) is 0 Å². The van der Waals surface area contributed by atoms with Gasteiger partial charge in [0.1, 0.15) is 5.76 Å². The van der Waals surface area contributed by atoms with Crippen molar-refractivity contribution >= 4 is 11.9 Å². The molecule has 1 atom stereocenters. The van der Waals surface area contributed by atoms with Crippen LogP contribution in [-0.4, -0.2) is 53.0 Å². The first-order valence-corrected chi connectivity index (χ1v) is 7.28. The summed E-state index contributed by atoms with van der Waals surface area (Å²) in [4.78, 5) is 26.8. The zero-order chi connectivity index (χ0) is 15.2. The van der Waals surface area contributed by atoms with Crippen LogP contribution >= 0.6 is 0 Å². The number of furan rings is 1. The summed E-state index contributed by atoms with van der Waals surface area (Å²) in [5, 5.41) is 8.96. The number of piperidine rings is 1. The van der Waals surface area contributed by atoms with Crippen LogP contribution in [0.2, 0.25) is 0 Å². The molecule has 1 fully saturated rings. The number of aliphatic carboxylic acids is 1. The molecule has 1 amide bonds. The molecule has 0 spiro atoms. The standard InChI is InChI=1S/C15H22N2O4/c1-16(10-13-6-4-8-21-13)14(18)11-17-7-3-2-5-12(17)9-15(19)20/h4,6,8,12H,2-3,5,7,9-11H2,1H3,(H,19,20). The Morgan fingerprint density at radius 2 is 2.29 bits per heavy atom. The van der Waals surface area contributed by atoms with E-state index in [0.717, 1.165) is 31.6 Å². The van der Waals surface area contributed by atoms with Crippen molar-refractivity contribution in [1.82, 2.24) is 9.80 Å². The first-order valence-electron chi connectivity index (χ1n) is 7.28. The molecule has 0 aromatic carbocycles. The number of nitrogens with zero attached hydrogens (tertiary/aromatic N) is 2. The van der Waals surface area contributed by atoms with Crippen molar-refractivity contribution in [3.63, 3.8) is 0 Å². The largest absolute Gasteiger partial charge is 0.481 e. The van der Waals surface area contributed by atoms with Crippen LogP contribution in [0.25, 0.3) is 0 Å². The molecule has 1 aromatic rings. The highest BCUT2D eigenvalue weighted by Gasteiger charge is 2.27. The van der Waals surface area contributed by atoms with Crippen molar-refractivity contribution in [3.05, 3.63) is 24.2 Å². The summed E-state index contributed by atoms with van der Waals surface area (Å²) in [5.41, 5.74) is 0. The minimum Gasteiger partial charge on any atom is -0.481 e. The lowest BCUT2D eigenvalue weighted by atomic mass is 9.99. The lowest BCUT2D eigenvalue weighted by molar-refractivity contribution is -0.140. The summed E-state index contributed by atoms with van der Waals surface area (Å²) < 4.78 is 5.23. The van der Waals surface area contributed by atoms with E-state index >= 15 is 0 Å². The zero-order valence-corrected chi connectivity index (χ0v) is 12.3. The summed E-state index contributed by atoms with van der Waals surface area (Å²) in [7, 11) is 1.74. The lowest BCUT2D eigenvalue weighted by Crippen LogP contribution is -2.46. The minimum absolute atomic E-state index is 0.0105. The third kappa shape index (κ3) is 4.60. The van der Waals surface area contributed by atoms with E-state index in [9.17, 15) is 9.59 Å². The number of hydrogen-bond acceptors (Lipinski definition) is 4. The number of carbonyl (C=O) groups is 2. The molecular weight excluding hydrogens is 272 g/mol. The molecule has 116 valence electrons. The van der Waals surface area contributed by atoms with Gasteiger partial charge in [-0.15, -0.1) is 0 Å². The van der Waals surface area contributed by atoms with E-state index in [1.165, 1.54) is 0 Å². The molecular formula is C15H22N2O4. The molecule has 1 saturated heterocycles. The Kier molecular flexibility index (Phi) is 5.38. The highest BCUT2D eigenvalue weighted by atomic mass is 16.4. The Morgan fingerprint density at radius 1 is 1.48 bits per heavy atom. The molecule has 1 unspecified atom stereocenters. The molecule has 2 rings (SSSR count). The summed E-state index contributed by atoms with van der Waals surface area (Å²) in [5.74, 6) is -0.0708. The van der Waals surface area contributed by atoms with E-state index in [1.807, 2.05) is 11.0 Å². The van der Waals surface area contributed by atoms with Crippen molar-refractivity contribution in [2.75, 3.05) is 20.1 Å².